The second-order valence-corrected chi connectivity index (χ2v) is 4.01. The molecule has 54 valence electrons. The van der Waals surface area contributed by atoms with Crippen molar-refractivity contribution in [1.29, 1.82) is 0 Å². The van der Waals surface area contributed by atoms with E-state index >= 15 is 0 Å². The molecule has 0 amide bonds. The van der Waals surface area contributed by atoms with E-state index in [9.17, 15) is 0 Å². The minimum Gasteiger partial charge on any atom is -0.0861 e. The van der Waals surface area contributed by atoms with Gasteiger partial charge in [0.15, 0.2) is 0 Å². The van der Waals surface area contributed by atoms with Crippen LogP contribution in [-0.2, 0) is 0 Å². The predicted octanol–water partition coefficient (Wildman–Crippen LogP) is 3.10. The molecule has 3 unspecified atom stereocenters. The smallest absolute Gasteiger partial charge is 0.00290 e. The van der Waals surface area contributed by atoms with Gasteiger partial charge in [-0.1, -0.05) is 49.3 Å². The van der Waals surface area contributed by atoms with Crippen LogP contribution in [0.25, 0.3) is 0 Å². The molecule has 0 spiro atoms. The molecule has 0 nitrogen and oxygen atoms in total. The Hall–Kier alpha value is 0.730. The normalized spacial score (nSPS) is 41.0. The second-order valence-electron chi connectivity index (χ2n) is 3.13. The minimum atomic E-state index is 1.04. The highest BCUT2D eigenvalue weighted by Gasteiger charge is 2.44. The summed E-state index contributed by atoms with van der Waals surface area (Å²) in [6.45, 7) is 4.68. The lowest BCUT2D eigenvalue weighted by Gasteiger charge is -1.89. The molecule has 0 aromatic rings. The Kier molecular flexibility index (Phi) is 2.80. The first-order valence-electron chi connectivity index (χ1n) is 3.87. The summed E-state index contributed by atoms with van der Waals surface area (Å²) in [4.78, 5) is 0. The highest BCUT2D eigenvalue weighted by molar-refractivity contribution is 14.1. The van der Waals surface area contributed by atoms with Crippen LogP contribution in [0.15, 0.2) is 0 Å². The molecule has 0 heterocycles. The van der Waals surface area contributed by atoms with E-state index < -0.39 is 0 Å². The molecule has 0 bridgehead atoms. The van der Waals surface area contributed by atoms with Crippen molar-refractivity contribution in [2.75, 3.05) is 4.43 Å². The van der Waals surface area contributed by atoms with E-state index in [0.717, 1.165) is 17.8 Å². The van der Waals surface area contributed by atoms with Crippen LogP contribution in [0, 0.1) is 17.8 Å². The quantitative estimate of drug-likeness (QED) is 0.523. The molecule has 9 heavy (non-hydrogen) atoms. The maximum absolute atomic E-state index is 2.51. The Morgan fingerprint density at radius 3 is 2.33 bits per heavy atom. The molecule has 1 aliphatic carbocycles. The van der Waals surface area contributed by atoms with Crippen LogP contribution in [0.5, 0.6) is 0 Å². The lowest BCUT2D eigenvalue weighted by atomic mass is 10.2. The summed E-state index contributed by atoms with van der Waals surface area (Å²) < 4.78 is 1.38. The first kappa shape index (κ1) is 7.83. The molecule has 1 fully saturated rings. The predicted molar refractivity (Wildman–Crippen MR) is 49.9 cm³/mol. The zero-order chi connectivity index (χ0) is 6.85. The first-order valence-corrected chi connectivity index (χ1v) is 5.39. The van der Waals surface area contributed by atoms with Gasteiger partial charge in [-0.05, 0) is 17.8 Å². The zero-order valence-corrected chi connectivity index (χ0v) is 8.39. The molecule has 1 rings (SSSR count). The topological polar surface area (TPSA) is 0 Å². The third-order valence-corrected chi connectivity index (χ3v) is 3.58. The van der Waals surface area contributed by atoms with Crippen molar-refractivity contribution in [2.24, 2.45) is 17.8 Å². The van der Waals surface area contributed by atoms with Gasteiger partial charge in [0.1, 0.15) is 0 Å². The average Bonchev–Trinajstić information content (AvgIpc) is 2.44. The van der Waals surface area contributed by atoms with Crippen LogP contribution in [-0.4, -0.2) is 4.43 Å². The number of rotatable bonds is 3. The highest BCUT2D eigenvalue weighted by Crippen LogP contribution is 2.49. The van der Waals surface area contributed by atoms with Gasteiger partial charge in [0.2, 0.25) is 0 Å². The van der Waals surface area contributed by atoms with Crippen LogP contribution in [0.4, 0.5) is 0 Å². The van der Waals surface area contributed by atoms with E-state index in [0.29, 0.717) is 0 Å². The van der Waals surface area contributed by atoms with Crippen LogP contribution in [0.2, 0.25) is 0 Å². The minimum absolute atomic E-state index is 1.04. The third kappa shape index (κ3) is 1.60. The van der Waals surface area contributed by atoms with Gasteiger partial charge in [-0.2, -0.15) is 0 Å². The van der Waals surface area contributed by atoms with Gasteiger partial charge in [-0.25, -0.2) is 0 Å². The molecule has 3 atom stereocenters. The molecule has 0 aromatic heterocycles. The molecule has 0 saturated heterocycles. The fourth-order valence-electron chi connectivity index (χ4n) is 1.70. The van der Waals surface area contributed by atoms with Crippen LogP contribution in [0.3, 0.4) is 0 Å². The summed E-state index contributed by atoms with van der Waals surface area (Å²) in [7, 11) is 0. The lowest BCUT2D eigenvalue weighted by molar-refractivity contribution is 0.645. The van der Waals surface area contributed by atoms with Crippen molar-refractivity contribution in [3.05, 3.63) is 0 Å². The molecule has 1 heteroatoms. The third-order valence-electron chi connectivity index (χ3n) is 2.56. The molecule has 0 aliphatic heterocycles. The summed E-state index contributed by atoms with van der Waals surface area (Å²) in [6, 6.07) is 0. The molecule has 0 aromatic carbocycles. The number of alkyl halides is 1. The maximum Gasteiger partial charge on any atom is 0.00290 e. The van der Waals surface area contributed by atoms with E-state index in [2.05, 4.69) is 36.4 Å². The number of hydrogen-bond acceptors (Lipinski definition) is 0. The zero-order valence-electron chi connectivity index (χ0n) is 6.23. The van der Waals surface area contributed by atoms with E-state index in [1.54, 1.807) is 0 Å². The summed E-state index contributed by atoms with van der Waals surface area (Å²) >= 11 is 2.51. The maximum atomic E-state index is 2.51. The molecular formula is C8H15I. The van der Waals surface area contributed by atoms with Crippen LogP contribution < -0.4 is 0 Å². The van der Waals surface area contributed by atoms with Crippen molar-refractivity contribution in [3.63, 3.8) is 0 Å². The van der Waals surface area contributed by atoms with Gasteiger partial charge >= 0.3 is 0 Å². The van der Waals surface area contributed by atoms with Crippen molar-refractivity contribution < 1.29 is 0 Å². The second kappa shape index (κ2) is 3.22. The first-order chi connectivity index (χ1) is 4.31. The van der Waals surface area contributed by atoms with Crippen LogP contribution >= 0.6 is 22.6 Å². The summed E-state index contributed by atoms with van der Waals surface area (Å²) in [6.07, 6.45) is 2.84. The SMILES string of the molecule is CCCC1C(C)C1CI. The van der Waals surface area contributed by atoms with Gasteiger partial charge in [0.25, 0.3) is 0 Å². The Morgan fingerprint density at radius 2 is 2.00 bits per heavy atom. The standard InChI is InChI=1S/C8H15I/c1-3-4-7-6(2)8(7)5-9/h6-8H,3-5H2,1-2H3. The van der Waals surface area contributed by atoms with Gasteiger partial charge in [-0.15, -0.1) is 0 Å². The molecule has 1 aliphatic rings. The fourth-order valence-corrected chi connectivity index (χ4v) is 3.16. The van der Waals surface area contributed by atoms with Gasteiger partial charge in [-0.3, -0.25) is 0 Å². The van der Waals surface area contributed by atoms with E-state index in [4.69, 9.17) is 0 Å². The Balaban J connectivity index is 2.17. The highest BCUT2D eigenvalue weighted by atomic mass is 127. The molecule has 1 saturated carbocycles. The number of halogens is 1. The largest absolute Gasteiger partial charge is 0.0861 e. The van der Waals surface area contributed by atoms with Crippen molar-refractivity contribution in [2.45, 2.75) is 26.7 Å². The van der Waals surface area contributed by atoms with Crippen molar-refractivity contribution >= 4 is 22.6 Å². The monoisotopic (exact) mass is 238 g/mol. The Bertz CT molecular complexity index is 90.6. The van der Waals surface area contributed by atoms with Crippen LogP contribution in [0.1, 0.15) is 26.7 Å². The lowest BCUT2D eigenvalue weighted by Crippen LogP contribution is -1.80. The summed E-state index contributed by atoms with van der Waals surface area (Å²) in [5, 5.41) is 0. The van der Waals surface area contributed by atoms with Gasteiger partial charge in [0.05, 0.1) is 0 Å². The van der Waals surface area contributed by atoms with Crippen molar-refractivity contribution in [3.8, 4) is 0 Å². The van der Waals surface area contributed by atoms with E-state index in [-0.39, 0.29) is 0 Å². The van der Waals surface area contributed by atoms with Crippen molar-refractivity contribution in [1.82, 2.24) is 0 Å². The Labute approximate surface area is 71.5 Å². The fraction of sp³-hybridized carbons (Fsp3) is 1.00. The summed E-state index contributed by atoms with van der Waals surface area (Å²) in [5.41, 5.74) is 0. The molecular weight excluding hydrogens is 223 g/mol. The average molecular weight is 238 g/mol. The summed E-state index contributed by atoms with van der Waals surface area (Å²) in [5.74, 6) is 3.21. The van der Waals surface area contributed by atoms with Gasteiger partial charge in [0, 0.05) is 4.43 Å². The Morgan fingerprint density at radius 1 is 1.33 bits per heavy atom. The van der Waals surface area contributed by atoms with E-state index in [1.165, 1.54) is 17.3 Å². The van der Waals surface area contributed by atoms with E-state index in [1.807, 2.05) is 0 Å². The molecule has 0 radical (unpaired) electrons. The number of hydrogen-bond donors (Lipinski definition) is 0. The van der Waals surface area contributed by atoms with Gasteiger partial charge < -0.3 is 0 Å². The molecule has 0 N–H and O–H groups in total.